The maximum Gasteiger partial charge on any atom is 0.340 e. The summed E-state index contributed by atoms with van der Waals surface area (Å²) in [6.07, 6.45) is 4.96. The molecule has 0 aliphatic rings. The van der Waals surface area contributed by atoms with Gasteiger partial charge in [-0.2, -0.15) is 5.10 Å². The predicted octanol–water partition coefficient (Wildman–Crippen LogP) is 1.24. The molecule has 0 atom stereocenters. The highest BCUT2D eigenvalue weighted by Crippen LogP contribution is 2.26. The molecule has 94 valence electrons. The lowest BCUT2D eigenvalue weighted by Crippen LogP contribution is -2.09. The Morgan fingerprint density at radius 3 is 2.94 bits per heavy atom. The van der Waals surface area contributed by atoms with Gasteiger partial charge in [0.25, 0.3) is 0 Å². The summed E-state index contributed by atoms with van der Waals surface area (Å²) in [5.41, 5.74) is 7.89. The number of nitrogen functional groups attached to an aromatic ring is 1. The van der Waals surface area contributed by atoms with Crippen LogP contribution < -0.4 is 5.73 Å². The molecular weight excluding hydrogens is 232 g/mol. The Morgan fingerprint density at radius 2 is 2.33 bits per heavy atom. The van der Waals surface area contributed by atoms with Gasteiger partial charge in [-0.15, -0.1) is 0 Å². The van der Waals surface area contributed by atoms with E-state index in [1.807, 2.05) is 0 Å². The monoisotopic (exact) mass is 246 g/mol. The van der Waals surface area contributed by atoms with E-state index in [0.717, 1.165) is 5.56 Å². The summed E-state index contributed by atoms with van der Waals surface area (Å²) < 4.78 is 6.58. The fourth-order valence-corrected chi connectivity index (χ4v) is 1.63. The molecule has 0 unspecified atom stereocenters. The number of nitrogens with zero attached hydrogens (tertiary/aromatic N) is 3. The second kappa shape index (κ2) is 4.87. The third kappa shape index (κ3) is 2.17. The molecule has 0 fully saturated rings. The van der Waals surface area contributed by atoms with Gasteiger partial charge in [0.2, 0.25) is 0 Å². The van der Waals surface area contributed by atoms with Crippen LogP contribution in [-0.2, 0) is 11.8 Å². The highest BCUT2D eigenvalue weighted by atomic mass is 16.5. The number of rotatable bonds is 3. The fourth-order valence-electron chi connectivity index (χ4n) is 1.63. The van der Waals surface area contributed by atoms with E-state index in [1.165, 1.54) is 6.20 Å². The van der Waals surface area contributed by atoms with Crippen molar-refractivity contribution in [1.82, 2.24) is 14.8 Å². The van der Waals surface area contributed by atoms with Crippen molar-refractivity contribution in [2.24, 2.45) is 7.05 Å². The Kier molecular flexibility index (Phi) is 3.27. The number of carbonyl (C=O) groups excluding carboxylic acids is 1. The largest absolute Gasteiger partial charge is 0.462 e. The normalized spacial score (nSPS) is 10.3. The first kappa shape index (κ1) is 12.1. The van der Waals surface area contributed by atoms with Crippen LogP contribution in [0.2, 0.25) is 0 Å². The fraction of sp³-hybridized carbons (Fsp3) is 0.250. The molecule has 0 aromatic carbocycles. The minimum absolute atomic E-state index is 0.308. The molecule has 0 spiro atoms. The maximum absolute atomic E-state index is 11.7. The summed E-state index contributed by atoms with van der Waals surface area (Å²) in [4.78, 5) is 15.9. The van der Waals surface area contributed by atoms with Crippen molar-refractivity contribution in [3.8, 4) is 11.3 Å². The van der Waals surface area contributed by atoms with E-state index in [0.29, 0.717) is 23.6 Å². The van der Waals surface area contributed by atoms with Gasteiger partial charge in [-0.05, 0) is 13.0 Å². The summed E-state index contributed by atoms with van der Waals surface area (Å²) in [7, 11) is 1.80. The molecule has 0 saturated heterocycles. The lowest BCUT2D eigenvalue weighted by Gasteiger charge is -2.07. The third-order valence-corrected chi connectivity index (χ3v) is 2.46. The number of hydrogen-bond donors (Lipinski definition) is 1. The molecule has 0 amide bonds. The molecule has 2 rings (SSSR count). The van der Waals surface area contributed by atoms with E-state index >= 15 is 0 Å². The number of carbonyl (C=O) groups is 1. The van der Waals surface area contributed by atoms with E-state index in [9.17, 15) is 4.79 Å². The van der Waals surface area contributed by atoms with Gasteiger partial charge in [0.05, 0.1) is 29.7 Å². The summed E-state index contributed by atoms with van der Waals surface area (Å²) in [6.45, 7) is 2.06. The second-order valence-corrected chi connectivity index (χ2v) is 3.74. The van der Waals surface area contributed by atoms with Crippen molar-refractivity contribution in [2.75, 3.05) is 12.3 Å². The third-order valence-electron chi connectivity index (χ3n) is 2.46. The molecule has 2 N–H and O–H groups in total. The lowest BCUT2D eigenvalue weighted by atomic mass is 10.1. The second-order valence-electron chi connectivity index (χ2n) is 3.74. The molecule has 6 heteroatoms. The van der Waals surface area contributed by atoms with Gasteiger partial charge < -0.3 is 10.5 Å². The number of aryl methyl sites for hydroxylation is 1. The molecule has 18 heavy (non-hydrogen) atoms. The number of nitrogens with two attached hydrogens (primary N) is 1. The standard InChI is InChI=1S/C12H14N4O2/c1-3-18-12(17)9-4-5-14-11(10(9)13)8-6-15-16(2)7-8/h4-7H,3,13H2,1-2H3. The Morgan fingerprint density at radius 1 is 1.56 bits per heavy atom. The number of esters is 1. The average molecular weight is 246 g/mol. The van der Waals surface area contributed by atoms with Crippen LogP contribution in [0.5, 0.6) is 0 Å². The first-order chi connectivity index (χ1) is 8.63. The van der Waals surface area contributed by atoms with Gasteiger partial charge in [-0.25, -0.2) is 4.79 Å². The first-order valence-electron chi connectivity index (χ1n) is 5.54. The summed E-state index contributed by atoms with van der Waals surface area (Å²) >= 11 is 0. The zero-order valence-electron chi connectivity index (χ0n) is 10.3. The highest BCUT2D eigenvalue weighted by Gasteiger charge is 2.16. The van der Waals surface area contributed by atoms with E-state index in [4.69, 9.17) is 10.5 Å². The topological polar surface area (TPSA) is 83.0 Å². The van der Waals surface area contributed by atoms with Gasteiger partial charge in [-0.1, -0.05) is 0 Å². The van der Waals surface area contributed by atoms with Gasteiger partial charge >= 0.3 is 5.97 Å². The number of hydrogen-bond acceptors (Lipinski definition) is 5. The molecule has 0 radical (unpaired) electrons. The van der Waals surface area contributed by atoms with Crippen LogP contribution in [0.3, 0.4) is 0 Å². The van der Waals surface area contributed by atoms with Gasteiger partial charge in [0.15, 0.2) is 0 Å². The summed E-state index contributed by atoms with van der Waals surface area (Å²) in [5, 5.41) is 4.05. The molecule has 0 aliphatic heterocycles. The average Bonchev–Trinajstić information content (AvgIpc) is 2.76. The Hall–Kier alpha value is -2.37. The zero-order valence-corrected chi connectivity index (χ0v) is 10.3. The smallest absolute Gasteiger partial charge is 0.340 e. The zero-order chi connectivity index (χ0) is 13.1. The number of pyridine rings is 1. The molecule has 6 nitrogen and oxygen atoms in total. The minimum Gasteiger partial charge on any atom is -0.462 e. The van der Waals surface area contributed by atoms with Crippen molar-refractivity contribution in [3.05, 3.63) is 30.2 Å². The van der Waals surface area contributed by atoms with Crippen molar-refractivity contribution in [1.29, 1.82) is 0 Å². The van der Waals surface area contributed by atoms with Crippen molar-refractivity contribution in [2.45, 2.75) is 6.92 Å². The van der Waals surface area contributed by atoms with Crippen LogP contribution in [0, 0.1) is 0 Å². The van der Waals surface area contributed by atoms with Gasteiger partial charge in [0, 0.05) is 25.0 Å². The van der Waals surface area contributed by atoms with Crippen LogP contribution in [0.15, 0.2) is 24.7 Å². The van der Waals surface area contributed by atoms with E-state index in [1.54, 1.807) is 37.1 Å². The summed E-state index contributed by atoms with van der Waals surface area (Å²) in [5.74, 6) is -0.442. The van der Waals surface area contributed by atoms with Crippen LogP contribution in [-0.4, -0.2) is 27.3 Å². The Bertz CT molecular complexity index is 577. The first-order valence-corrected chi connectivity index (χ1v) is 5.54. The Labute approximate surface area is 104 Å². The number of anilines is 1. The van der Waals surface area contributed by atoms with Crippen molar-refractivity contribution >= 4 is 11.7 Å². The van der Waals surface area contributed by atoms with Gasteiger partial charge in [0.1, 0.15) is 0 Å². The van der Waals surface area contributed by atoms with Crippen molar-refractivity contribution in [3.63, 3.8) is 0 Å². The van der Waals surface area contributed by atoms with Crippen LogP contribution in [0.1, 0.15) is 17.3 Å². The molecule has 0 saturated carbocycles. The highest BCUT2D eigenvalue weighted by molar-refractivity contribution is 5.98. The van der Waals surface area contributed by atoms with Crippen LogP contribution >= 0.6 is 0 Å². The van der Waals surface area contributed by atoms with Gasteiger partial charge in [-0.3, -0.25) is 9.67 Å². The lowest BCUT2D eigenvalue weighted by molar-refractivity contribution is 0.0527. The molecular formula is C12H14N4O2. The van der Waals surface area contributed by atoms with E-state index in [-0.39, 0.29) is 0 Å². The van der Waals surface area contributed by atoms with E-state index in [2.05, 4.69) is 10.1 Å². The number of aromatic nitrogens is 3. The maximum atomic E-state index is 11.7. The molecule has 0 aliphatic carbocycles. The minimum atomic E-state index is -0.442. The number of ether oxygens (including phenoxy) is 1. The molecule has 2 heterocycles. The summed E-state index contributed by atoms with van der Waals surface area (Å²) in [6, 6.07) is 1.55. The SMILES string of the molecule is CCOC(=O)c1ccnc(-c2cnn(C)c2)c1N. The molecule has 2 aromatic rings. The predicted molar refractivity (Wildman–Crippen MR) is 66.8 cm³/mol. The van der Waals surface area contributed by atoms with Crippen LogP contribution in [0.4, 0.5) is 5.69 Å². The van der Waals surface area contributed by atoms with E-state index < -0.39 is 5.97 Å². The van der Waals surface area contributed by atoms with Crippen molar-refractivity contribution < 1.29 is 9.53 Å². The molecule has 2 aromatic heterocycles. The molecule has 0 bridgehead atoms. The quantitative estimate of drug-likeness (QED) is 0.824. The Balaban J connectivity index is 2.45. The van der Waals surface area contributed by atoms with Crippen LogP contribution in [0.25, 0.3) is 11.3 Å².